The van der Waals surface area contributed by atoms with Gasteiger partial charge < -0.3 is 14.5 Å². The first-order valence-electron chi connectivity index (χ1n) is 12.2. The quantitative estimate of drug-likeness (QED) is 0.566. The van der Waals surface area contributed by atoms with Crippen molar-refractivity contribution in [3.8, 4) is 0 Å². The summed E-state index contributed by atoms with van der Waals surface area (Å²) in [7, 11) is -3.14. The molecule has 186 valence electrons. The summed E-state index contributed by atoms with van der Waals surface area (Å²) in [6.45, 7) is 2.02. The van der Waals surface area contributed by atoms with Crippen molar-refractivity contribution in [1.82, 2.24) is 9.80 Å². The SMILES string of the molecule is CC(=O)N1CCC(C(=O)OCC(=O)N(C2CCCC2)C2CCS(=O)(=O)C2)(c2ccccc2)CC1. The topological polar surface area (TPSA) is 101 Å². The van der Waals surface area contributed by atoms with Crippen molar-refractivity contribution in [2.45, 2.75) is 69.4 Å². The minimum absolute atomic E-state index is 0.00592. The summed E-state index contributed by atoms with van der Waals surface area (Å²) in [4.78, 5) is 42.0. The number of hydrogen-bond acceptors (Lipinski definition) is 6. The Morgan fingerprint density at radius 2 is 1.68 bits per heavy atom. The molecule has 2 heterocycles. The van der Waals surface area contributed by atoms with Crippen molar-refractivity contribution in [3.63, 3.8) is 0 Å². The molecule has 0 spiro atoms. The maximum absolute atomic E-state index is 13.5. The van der Waals surface area contributed by atoms with Gasteiger partial charge in [-0.2, -0.15) is 0 Å². The zero-order valence-electron chi connectivity index (χ0n) is 19.8. The Kier molecular flexibility index (Phi) is 7.31. The van der Waals surface area contributed by atoms with Crippen LogP contribution in [0.15, 0.2) is 30.3 Å². The highest BCUT2D eigenvalue weighted by molar-refractivity contribution is 7.91. The minimum Gasteiger partial charge on any atom is -0.455 e. The van der Waals surface area contributed by atoms with E-state index < -0.39 is 27.8 Å². The second-order valence-electron chi connectivity index (χ2n) is 9.83. The van der Waals surface area contributed by atoms with Crippen molar-refractivity contribution < 1.29 is 27.5 Å². The molecule has 2 saturated heterocycles. The number of amides is 2. The molecule has 1 aliphatic carbocycles. The van der Waals surface area contributed by atoms with E-state index in [1.165, 1.54) is 6.92 Å². The summed E-state index contributed by atoms with van der Waals surface area (Å²) in [5, 5.41) is 0. The Morgan fingerprint density at radius 3 is 2.24 bits per heavy atom. The van der Waals surface area contributed by atoms with Crippen molar-refractivity contribution in [2.24, 2.45) is 0 Å². The lowest BCUT2D eigenvalue weighted by atomic mass is 9.72. The smallest absolute Gasteiger partial charge is 0.317 e. The number of nitrogens with zero attached hydrogens (tertiary/aromatic N) is 2. The van der Waals surface area contributed by atoms with Crippen LogP contribution in [0.3, 0.4) is 0 Å². The molecule has 0 bridgehead atoms. The highest BCUT2D eigenvalue weighted by Crippen LogP contribution is 2.37. The van der Waals surface area contributed by atoms with Gasteiger partial charge in [-0.05, 0) is 37.7 Å². The molecule has 0 aromatic heterocycles. The molecule has 2 amide bonds. The number of sulfone groups is 1. The van der Waals surface area contributed by atoms with E-state index in [4.69, 9.17) is 4.74 Å². The highest BCUT2D eigenvalue weighted by atomic mass is 32.2. The number of ether oxygens (including phenoxy) is 1. The molecule has 9 heteroatoms. The number of benzene rings is 1. The highest BCUT2D eigenvalue weighted by Gasteiger charge is 2.46. The molecule has 3 fully saturated rings. The zero-order chi connectivity index (χ0) is 24.3. The summed E-state index contributed by atoms with van der Waals surface area (Å²) in [5.41, 5.74) is -0.0901. The molecule has 1 atom stereocenters. The lowest BCUT2D eigenvalue weighted by Crippen LogP contribution is -2.51. The molecular weight excluding hydrogens is 456 g/mol. The third-order valence-corrected chi connectivity index (χ3v) is 9.46. The predicted molar refractivity (Wildman–Crippen MR) is 127 cm³/mol. The number of carbonyl (C=O) groups excluding carboxylic acids is 3. The Labute approximate surface area is 201 Å². The number of piperidine rings is 1. The van der Waals surface area contributed by atoms with E-state index in [9.17, 15) is 22.8 Å². The van der Waals surface area contributed by atoms with E-state index in [1.807, 2.05) is 30.3 Å². The fourth-order valence-corrected chi connectivity index (χ4v) is 7.51. The molecule has 34 heavy (non-hydrogen) atoms. The van der Waals surface area contributed by atoms with Gasteiger partial charge in [0.05, 0.1) is 16.9 Å². The standard InChI is InChI=1S/C25H34N2O6S/c1-19(28)26-14-12-25(13-15-26,20-7-3-2-4-8-20)24(30)33-17-23(29)27(21-9-5-6-10-21)22-11-16-34(31,32)18-22/h2-4,7-8,21-22H,5-6,9-18H2,1H3. The van der Waals surface area contributed by atoms with Gasteiger partial charge in [-0.1, -0.05) is 43.2 Å². The van der Waals surface area contributed by atoms with Crippen LogP contribution in [0.2, 0.25) is 0 Å². The van der Waals surface area contributed by atoms with Crippen LogP contribution >= 0.6 is 0 Å². The molecule has 3 aliphatic rings. The number of rotatable bonds is 6. The molecule has 1 unspecified atom stereocenters. The Hall–Kier alpha value is -2.42. The molecule has 4 rings (SSSR count). The average Bonchev–Trinajstić information content (AvgIpc) is 3.48. The molecule has 1 aromatic carbocycles. The van der Waals surface area contributed by atoms with Crippen LogP contribution in [0.1, 0.15) is 57.4 Å². The van der Waals surface area contributed by atoms with Gasteiger partial charge in [-0.25, -0.2) is 8.42 Å². The van der Waals surface area contributed by atoms with E-state index in [2.05, 4.69) is 0 Å². The molecule has 0 radical (unpaired) electrons. The summed E-state index contributed by atoms with van der Waals surface area (Å²) in [6.07, 6.45) is 5.02. The van der Waals surface area contributed by atoms with Crippen molar-refractivity contribution >= 4 is 27.6 Å². The van der Waals surface area contributed by atoms with Crippen LogP contribution in [0.5, 0.6) is 0 Å². The van der Waals surface area contributed by atoms with Gasteiger partial charge in [0.15, 0.2) is 16.4 Å². The molecule has 2 aliphatic heterocycles. The maximum Gasteiger partial charge on any atom is 0.317 e. The Balaban J connectivity index is 1.49. The first-order valence-corrected chi connectivity index (χ1v) is 14.0. The van der Waals surface area contributed by atoms with Crippen molar-refractivity contribution in [2.75, 3.05) is 31.2 Å². The van der Waals surface area contributed by atoms with Crippen LogP contribution in [0.4, 0.5) is 0 Å². The van der Waals surface area contributed by atoms with Crippen LogP contribution in [-0.2, 0) is 34.4 Å². The molecular formula is C25H34N2O6S. The lowest BCUT2D eigenvalue weighted by Gasteiger charge is -2.40. The Bertz CT molecular complexity index is 1010. The normalized spacial score (nSPS) is 24.0. The molecule has 1 aromatic rings. The van der Waals surface area contributed by atoms with Crippen LogP contribution in [-0.4, -0.2) is 79.3 Å². The van der Waals surface area contributed by atoms with Gasteiger partial charge in [-0.3, -0.25) is 14.4 Å². The summed E-state index contributed by atoms with van der Waals surface area (Å²) in [5.74, 6) is -0.716. The monoisotopic (exact) mass is 490 g/mol. The number of carbonyl (C=O) groups is 3. The lowest BCUT2D eigenvalue weighted by molar-refractivity contribution is -0.161. The molecule has 0 N–H and O–H groups in total. The summed E-state index contributed by atoms with van der Waals surface area (Å²) < 4.78 is 29.8. The van der Waals surface area contributed by atoms with E-state index in [0.29, 0.717) is 32.4 Å². The minimum atomic E-state index is -3.14. The van der Waals surface area contributed by atoms with Gasteiger partial charge >= 0.3 is 5.97 Å². The van der Waals surface area contributed by atoms with Gasteiger partial charge in [0.2, 0.25) is 5.91 Å². The zero-order valence-corrected chi connectivity index (χ0v) is 20.6. The average molecular weight is 491 g/mol. The first kappa shape index (κ1) is 24.7. The van der Waals surface area contributed by atoms with Crippen molar-refractivity contribution in [3.05, 3.63) is 35.9 Å². The number of hydrogen-bond donors (Lipinski definition) is 0. The van der Waals surface area contributed by atoms with E-state index >= 15 is 0 Å². The first-order chi connectivity index (χ1) is 16.2. The van der Waals surface area contributed by atoms with Crippen LogP contribution in [0.25, 0.3) is 0 Å². The third-order valence-electron chi connectivity index (χ3n) is 7.71. The Morgan fingerprint density at radius 1 is 1.03 bits per heavy atom. The van der Waals surface area contributed by atoms with Gasteiger partial charge in [-0.15, -0.1) is 0 Å². The van der Waals surface area contributed by atoms with Crippen LogP contribution in [0, 0.1) is 0 Å². The molecule has 8 nitrogen and oxygen atoms in total. The molecule has 1 saturated carbocycles. The van der Waals surface area contributed by atoms with Crippen molar-refractivity contribution in [1.29, 1.82) is 0 Å². The maximum atomic E-state index is 13.5. The van der Waals surface area contributed by atoms with E-state index in [0.717, 1.165) is 31.2 Å². The third kappa shape index (κ3) is 5.14. The fourth-order valence-electron chi connectivity index (χ4n) is 5.79. The van der Waals surface area contributed by atoms with Crippen LogP contribution < -0.4 is 0 Å². The largest absolute Gasteiger partial charge is 0.455 e. The summed E-state index contributed by atoms with van der Waals surface area (Å²) >= 11 is 0. The van der Waals surface area contributed by atoms with E-state index in [-0.39, 0.29) is 35.4 Å². The predicted octanol–water partition coefficient (Wildman–Crippen LogP) is 2.07. The van der Waals surface area contributed by atoms with Gasteiger partial charge in [0.1, 0.15) is 0 Å². The number of likely N-dealkylation sites (tertiary alicyclic amines) is 1. The second kappa shape index (κ2) is 10.1. The summed E-state index contributed by atoms with van der Waals surface area (Å²) in [6, 6.07) is 9.06. The second-order valence-corrected chi connectivity index (χ2v) is 12.1. The van der Waals surface area contributed by atoms with Gasteiger partial charge in [0, 0.05) is 32.1 Å². The van der Waals surface area contributed by atoms with Gasteiger partial charge in [0.25, 0.3) is 5.91 Å². The number of esters is 1. The van der Waals surface area contributed by atoms with E-state index in [1.54, 1.807) is 9.80 Å². The fraction of sp³-hybridized carbons (Fsp3) is 0.640.